The van der Waals surface area contributed by atoms with E-state index in [1.807, 2.05) is 7.05 Å². The lowest BCUT2D eigenvalue weighted by atomic mass is 9.91. The van der Waals surface area contributed by atoms with Crippen molar-refractivity contribution in [3.05, 3.63) is 12.3 Å². The second-order valence-electron chi connectivity index (χ2n) is 5.01. The number of aromatic nitrogens is 2. The summed E-state index contributed by atoms with van der Waals surface area (Å²) in [5.41, 5.74) is 0. The first-order valence-corrected chi connectivity index (χ1v) is 8.10. The van der Waals surface area contributed by atoms with E-state index in [-0.39, 0.29) is 5.03 Å². The van der Waals surface area contributed by atoms with Crippen LogP contribution in [-0.4, -0.2) is 48.7 Å². The Morgan fingerprint density at radius 1 is 1.53 bits per heavy atom. The van der Waals surface area contributed by atoms with Crippen molar-refractivity contribution >= 4 is 10.0 Å². The molecule has 108 valence electrons. The quantitative estimate of drug-likeness (QED) is 0.871. The largest absolute Gasteiger partial charge is 0.317 e. The molecule has 0 bridgehead atoms. The molecule has 1 fully saturated rings. The van der Waals surface area contributed by atoms with Crippen molar-refractivity contribution < 1.29 is 8.42 Å². The Bertz CT molecular complexity index is 526. The Labute approximate surface area is 114 Å². The second kappa shape index (κ2) is 5.60. The summed E-state index contributed by atoms with van der Waals surface area (Å²) in [5, 5.41) is 7.50. The summed E-state index contributed by atoms with van der Waals surface area (Å²) >= 11 is 0. The molecule has 2 heterocycles. The van der Waals surface area contributed by atoms with Crippen LogP contribution in [0.5, 0.6) is 0 Å². The third-order valence-electron chi connectivity index (χ3n) is 3.97. The molecule has 7 heteroatoms. The maximum atomic E-state index is 12.6. The fraction of sp³-hybridized carbons (Fsp3) is 0.750. The monoisotopic (exact) mass is 286 g/mol. The molecule has 1 aliphatic rings. The summed E-state index contributed by atoms with van der Waals surface area (Å²) in [6, 6.07) is 1.96. The Balaban J connectivity index is 2.21. The highest BCUT2D eigenvalue weighted by Gasteiger charge is 2.35. The third kappa shape index (κ3) is 2.68. The van der Waals surface area contributed by atoms with Gasteiger partial charge < -0.3 is 5.32 Å². The normalized spacial score (nSPS) is 25.6. The van der Waals surface area contributed by atoms with E-state index in [1.165, 1.54) is 10.9 Å². The van der Waals surface area contributed by atoms with Crippen molar-refractivity contribution in [2.45, 2.75) is 30.8 Å². The molecule has 1 aliphatic heterocycles. The van der Waals surface area contributed by atoms with Crippen LogP contribution in [0.1, 0.15) is 19.8 Å². The van der Waals surface area contributed by atoms with Gasteiger partial charge in [-0.1, -0.05) is 13.3 Å². The van der Waals surface area contributed by atoms with Gasteiger partial charge in [0.1, 0.15) is 0 Å². The fourth-order valence-corrected chi connectivity index (χ4v) is 4.37. The topological polar surface area (TPSA) is 67.2 Å². The highest BCUT2D eigenvalue weighted by molar-refractivity contribution is 7.89. The first kappa shape index (κ1) is 14.5. The lowest BCUT2D eigenvalue weighted by molar-refractivity contribution is 0.208. The standard InChI is InChI=1S/C12H22N4O2S/c1-4-10-9-16(8-6-11(10)13-2)19(17,18)12-5-7-14-15(12)3/h5,7,10-11,13H,4,6,8-9H2,1-3H3. The number of aryl methyl sites for hydroxylation is 1. The average Bonchev–Trinajstić information content (AvgIpc) is 2.84. The Morgan fingerprint density at radius 2 is 2.26 bits per heavy atom. The van der Waals surface area contributed by atoms with Crippen LogP contribution in [0.4, 0.5) is 0 Å². The number of hydrogen-bond donors (Lipinski definition) is 1. The third-order valence-corrected chi connectivity index (χ3v) is 5.91. The van der Waals surface area contributed by atoms with Crippen LogP contribution < -0.4 is 5.32 Å². The molecular formula is C12H22N4O2S. The number of nitrogens with one attached hydrogen (secondary N) is 1. The van der Waals surface area contributed by atoms with Gasteiger partial charge in [-0.05, 0) is 25.5 Å². The molecule has 2 atom stereocenters. The number of sulfonamides is 1. The van der Waals surface area contributed by atoms with Crippen LogP contribution in [0, 0.1) is 5.92 Å². The average molecular weight is 286 g/mol. The van der Waals surface area contributed by atoms with Gasteiger partial charge in [-0.2, -0.15) is 9.40 Å². The van der Waals surface area contributed by atoms with Crippen LogP contribution in [0.15, 0.2) is 17.3 Å². The molecule has 2 unspecified atom stereocenters. The van der Waals surface area contributed by atoms with Gasteiger partial charge in [0, 0.05) is 26.2 Å². The second-order valence-corrected chi connectivity index (χ2v) is 6.89. The van der Waals surface area contributed by atoms with Gasteiger partial charge in [0.05, 0.1) is 6.20 Å². The number of rotatable bonds is 4. The predicted molar refractivity (Wildman–Crippen MR) is 73.2 cm³/mol. The minimum Gasteiger partial charge on any atom is -0.317 e. The Kier molecular flexibility index (Phi) is 4.27. The van der Waals surface area contributed by atoms with Crippen LogP contribution >= 0.6 is 0 Å². The molecule has 0 aromatic carbocycles. The van der Waals surface area contributed by atoms with Gasteiger partial charge >= 0.3 is 0 Å². The van der Waals surface area contributed by atoms with Crippen molar-refractivity contribution in [2.24, 2.45) is 13.0 Å². The maximum Gasteiger partial charge on any atom is 0.260 e. The van der Waals surface area contributed by atoms with Crippen LogP contribution in [0.3, 0.4) is 0 Å². The van der Waals surface area contributed by atoms with Crippen molar-refractivity contribution in [3.8, 4) is 0 Å². The summed E-state index contributed by atoms with van der Waals surface area (Å²) in [4.78, 5) is 0. The summed E-state index contributed by atoms with van der Waals surface area (Å²) in [6.45, 7) is 3.25. The van der Waals surface area contributed by atoms with Crippen molar-refractivity contribution in [2.75, 3.05) is 20.1 Å². The van der Waals surface area contributed by atoms with Crippen LogP contribution in [-0.2, 0) is 17.1 Å². The molecule has 0 radical (unpaired) electrons. The molecule has 1 aromatic heterocycles. The lowest BCUT2D eigenvalue weighted by Gasteiger charge is -2.37. The van der Waals surface area contributed by atoms with Crippen molar-refractivity contribution in [1.29, 1.82) is 0 Å². The van der Waals surface area contributed by atoms with E-state index in [0.717, 1.165) is 12.8 Å². The molecular weight excluding hydrogens is 264 g/mol. The lowest BCUT2D eigenvalue weighted by Crippen LogP contribution is -2.50. The molecule has 0 saturated carbocycles. The fourth-order valence-electron chi connectivity index (χ4n) is 2.76. The zero-order chi connectivity index (χ0) is 14.0. The molecule has 1 N–H and O–H groups in total. The zero-order valence-electron chi connectivity index (χ0n) is 11.7. The van der Waals surface area contributed by atoms with Gasteiger partial charge in [-0.3, -0.25) is 4.68 Å². The van der Waals surface area contributed by atoms with Crippen molar-refractivity contribution in [1.82, 2.24) is 19.4 Å². The van der Waals surface area contributed by atoms with E-state index in [9.17, 15) is 8.42 Å². The minimum absolute atomic E-state index is 0.269. The molecule has 1 saturated heterocycles. The molecule has 0 aliphatic carbocycles. The van der Waals surface area contributed by atoms with Crippen LogP contribution in [0.2, 0.25) is 0 Å². The summed E-state index contributed by atoms with van der Waals surface area (Å²) in [6.07, 6.45) is 3.35. The number of piperidine rings is 1. The van der Waals surface area contributed by atoms with E-state index >= 15 is 0 Å². The highest BCUT2D eigenvalue weighted by Crippen LogP contribution is 2.25. The summed E-state index contributed by atoms with van der Waals surface area (Å²) in [5.74, 6) is 0.363. The van der Waals surface area contributed by atoms with Gasteiger partial charge in [0.2, 0.25) is 0 Å². The molecule has 0 spiro atoms. The number of hydrogen-bond acceptors (Lipinski definition) is 4. The van der Waals surface area contributed by atoms with Gasteiger partial charge in [0.15, 0.2) is 5.03 Å². The van der Waals surface area contributed by atoms with Crippen LogP contribution in [0.25, 0.3) is 0 Å². The SMILES string of the molecule is CCC1CN(S(=O)(=O)c2ccnn2C)CCC1NC. The zero-order valence-corrected chi connectivity index (χ0v) is 12.5. The molecule has 0 amide bonds. The highest BCUT2D eigenvalue weighted by atomic mass is 32.2. The Hall–Kier alpha value is -0.920. The van der Waals surface area contributed by atoms with Gasteiger partial charge in [0.25, 0.3) is 10.0 Å². The van der Waals surface area contributed by atoms with E-state index in [1.54, 1.807) is 17.4 Å². The molecule has 19 heavy (non-hydrogen) atoms. The summed E-state index contributed by atoms with van der Waals surface area (Å²) in [7, 11) is 0.182. The van der Waals surface area contributed by atoms with Gasteiger partial charge in [-0.15, -0.1) is 0 Å². The molecule has 6 nitrogen and oxygen atoms in total. The smallest absolute Gasteiger partial charge is 0.260 e. The van der Waals surface area contributed by atoms with E-state index in [0.29, 0.717) is 25.0 Å². The van der Waals surface area contributed by atoms with E-state index in [4.69, 9.17) is 0 Å². The van der Waals surface area contributed by atoms with Crippen molar-refractivity contribution in [3.63, 3.8) is 0 Å². The molecule has 2 rings (SSSR count). The first-order chi connectivity index (χ1) is 9.00. The summed E-state index contributed by atoms with van der Waals surface area (Å²) < 4.78 is 28.1. The molecule has 1 aromatic rings. The number of nitrogens with zero attached hydrogens (tertiary/aromatic N) is 3. The van der Waals surface area contributed by atoms with E-state index in [2.05, 4.69) is 17.3 Å². The minimum atomic E-state index is -3.42. The first-order valence-electron chi connectivity index (χ1n) is 6.66. The predicted octanol–water partition coefficient (Wildman–Crippen LogP) is 0.429. The Morgan fingerprint density at radius 3 is 2.79 bits per heavy atom. The maximum absolute atomic E-state index is 12.6. The van der Waals surface area contributed by atoms with Gasteiger partial charge in [-0.25, -0.2) is 8.42 Å². The van der Waals surface area contributed by atoms with E-state index < -0.39 is 10.0 Å².